The van der Waals surface area contributed by atoms with Crippen LogP contribution in [-0.4, -0.2) is 27.4 Å². The molecule has 1 aromatic heterocycles. The predicted octanol–water partition coefficient (Wildman–Crippen LogP) is 6.18. The van der Waals surface area contributed by atoms with Gasteiger partial charge in [0, 0.05) is 0 Å². The molecule has 2 aromatic rings. The molecule has 0 saturated heterocycles. The molecule has 31 heavy (non-hydrogen) atoms. The SMILES string of the molecule is N#Cc1nn(-c2c(Cl)ccc(C(F)(F)F)c2Cl)c(NC(=O)C(F)(F)F)c1SC(F)(F)F. The monoisotopic (exact) mass is 516 g/mol. The second-order valence-corrected chi connectivity index (χ2v) is 7.17. The van der Waals surface area contributed by atoms with Gasteiger partial charge in [-0.2, -0.15) is 49.9 Å². The highest BCUT2D eigenvalue weighted by molar-refractivity contribution is 8.00. The van der Waals surface area contributed by atoms with Crippen LogP contribution in [0.1, 0.15) is 11.3 Å². The fourth-order valence-electron chi connectivity index (χ4n) is 2.09. The molecule has 1 heterocycles. The van der Waals surface area contributed by atoms with E-state index in [9.17, 15) is 44.3 Å². The van der Waals surface area contributed by atoms with E-state index >= 15 is 0 Å². The number of halogens is 11. The second-order valence-electron chi connectivity index (χ2n) is 5.30. The number of thioether (sulfide) groups is 1. The van der Waals surface area contributed by atoms with Gasteiger partial charge in [-0.3, -0.25) is 4.79 Å². The number of carbonyl (C=O) groups is 1. The van der Waals surface area contributed by atoms with Crippen LogP contribution in [-0.2, 0) is 11.0 Å². The van der Waals surface area contributed by atoms with Crippen molar-refractivity contribution in [2.45, 2.75) is 22.8 Å². The van der Waals surface area contributed by atoms with Crippen LogP contribution in [0.3, 0.4) is 0 Å². The number of benzene rings is 1. The molecule has 168 valence electrons. The third kappa shape index (κ3) is 5.49. The molecule has 1 aromatic carbocycles. The van der Waals surface area contributed by atoms with Gasteiger partial charge in [-0.1, -0.05) is 23.2 Å². The van der Waals surface area contributed by atoms with Crippen molar-refractivity contribution in [3.8, 4) is 11.8 Å². The molecule has 0 aliphatic carbocycles. The van der Waals surface area contributed by atoms with Crippen molar-refractivity contribution in [3.63, 3.8) is 0 Å². The van der Waals surface area contributed by atoms with Crippen LogP contribution in [0, 0.1) is 11.3 Å². The Morgan fingerprint density at radius 2 is 1.68 bits per heavy atom. The maximum absolute atomic E-state index is 13.1. The summed E-state index contributed by atoms with van der Waals surface area (Å²) in [4.78, 5) is 10.0. The number of hydrogen-bond acceptors (Lipinski definition) is 4. The van der Waals surface area contributed by atoms with Crippen LogP contribution >= 0.6 is 35.0 Å². The summed E-state index contributed by atoms with van der Waals surface area (Å²) in [5.74, 6) is -4.20. The fraction of sp³-hybridized carbons (Fsp3) is 0.214. The van der Waals surface area contributed by atoms with Gasteiger partial charge in [0.25, 0.3) is 0 Å². The number of amides is 1. The molecule has 0 unspecified atom stereocenters. The summed E-state index contributed by atoms with van der Waals surface area (Å²) >= 11 is 10.3. The van der Waals surface area contributed by atoms with Gasteiger partial charge in [-0.05, 0) is 23.9 Å². The Kier molecular flexibility index (Phi) is 6.70. The quantitative estimate of drug-likeness (QED) is 0.390. The van der Waals surface area contributed by atoms with E-state index < -0.39 is 73.2 Å². The average Bonchev–Trinajstić information content (AvgIpc) is 2.88. The lowest BCUT2D eigenvalue weighted by Crippen LogP contribution is -2.31. The number of hydrogen-bond donors (Lipinski definition) is 1. The number of nitriles is 1. The first-order valence-corrected chi connectivity index (χ1v) is 8.77. The lowest BCUT2D eigenvalue weighted by Gasteiger charge is -2.17. The van der Waals surface area contributed by atoms with E-state index in [-0.39, 0.29) is 4.68 Å². The fourth-order valence-corrected chi connectivity index (χ4v) is 3.38. The maximum atomic E-state index is 13.1. The summed E-state index contributed by atoms with van der Waals surface area (Å²) in [5.41, 5.74) is -8.91. The Hall–Kier alpha value is -2.31. The summed E-state index contributed by atoms with van der Waals surface area (Å²) in [6.07, 6.45) is -10.7. The first kappa shape index (κ1) is 25.0. The normalized spacial score (nSPS) is 12.6. The number of carbonyl (C=O) groups excluding carboxylic acids is 1. The van der Waals surface area contributed by atoms with Crippen molar-refractivity contribution in [2.75, 3.05) is 5.32 Å². The van der Waals surface area contributed by atoms with Gasteiger partial charge in [-0.15, -0.1) is 0 Å². The van der Waals surface area contributed by atoms with E-state index in [0.717, 1.165) is 11.4 Å². The minimum absolute atomic E-state index is 0.00380. The van der Waals surface area contributed by atoms with Gasteiger partial charge < -0.3 is 5.32 Å². The van der Waals surface area contributed by atoms with Gasteiger partial charge in [0.1, 0.15) is 11.8 Å². The number of aromatic nitrogens is 2. The zero-order chi connectivity index (χ0) is 23.9. The zero-order valence-corrected chi connectivity index (χ0v) is 16.3. The molecule has 1 amide bonds. The first-order chi connectivity index (χ1) is 14.0. The number of nitrogens with zero attached hydrogens (tertiary/aromatic N) is 3. The second kappa shape index (κ2) is 8.32. The van der Waals surface area contributed by atoms with Crippen LogP contribution in [0.4, 0.5) is 45.3 Å². The van der Waals surface area contributed by atoms with Crippen molar-refractivity contribution in [2.24, 2.45) is 0 Å². The van der Waals surface area contributed by atoms with Crippen LogP contribution in [0.5, 0.6) is 0 Å². The van der Waals surface area contributed by atoms with E-state index in [0.29, 0.717) is 12.1 Å². The van der Waals surface area contributed by atoms with E-state index in [2.05, 4.69) is 5.10 Å². The Balaban J connectivity index is 2.88. The van der Waals surface area contributed by atoms with Crippen molar-refractivity contribution < 1.29 is 44.3 Å². The van der Waals surface area contributed by atoms with Gasteiger partial charge in [0.05, 0.1) is 20.5 Å². The average molecular weight is 517 g/mol. The topological polar surface area (TPSA) is 70.7 Å². The van der Waals surface area contributed by atoms with Crippen molar-refractivity contribution in [1.29, 1.82) is 5.26 Å². The van der Waals surface area contributed by atoms with Gasteiger partial charge in [0.2, 0.25) is 0 Å². The molecule has 2 rings (SSSR count). The minimum atomic E-state index is -5.61. The molecule has 5 nitrogen and oxygen atoms in total. The minimum Gasteiger partial charge on any atom is -0.302 e. The van der Waals surface area contributed by atoms with Crippen LogP contribution in [0.25, 0.3) is 5.69 Å². The Morgan fingerprint density at radius 3 is 2.13 bits per heavy atom. The highest BCUT2D eigenvalue weighted by Gasteiger charge is 2.42. The number of anilines is 1. The van der Waals surface area contributed by atoms with Crippen LogP contribution < -0.4 is 5.32 Å². The molecule has 0 atom stereocenters. The molecule has 17 heteroatoms. The van der Waals surface area contributed by atoms with E-state index in [1.807, 2.05) is 0 Å². The van der Waals surface area contributed by atoms with Gasteiger partial charge >= 0.3 is 23.8 Å². The highest BCUT2D eigenvalue weighted by atomic mass is 35.5. The number of alkyl halides is 9. The number of rotatable bonds is 3. The van der Waals surface area contributed by atoms with E-state index in [1.165, 1.54) is 0 Å². The Labute approximate surface area is 179 Å². The third-order valence-electron chi connectivity index (χ3n) is 3.24. The lowest BCUT2D eigenvalue weighted by atomic mass is 10.2. The standard InChI is InChI=1S/C14H3Cl2F9N4OS/c15-5-2-1-4(12(17,18)19)7(16)8(5)29-10(27-11(30)13(20,21)22)9(6(3-26)28-29)31-14(23,24)25/h1-2H,(H,27,30). The van der Waals surface area contributed by atoms with E-state index in [4.69, 9.17) is 28.5 Å². The lowest BCUT2D eigenvalue weighted by molar-refractivity contribution is -0.167. The largest absolute Gasteiger partial charge is 0.471 e. The molecule has 0 aliphatic rings. The van der Waals surface area contributed by atoms with Gasteiger partial charge in [0.15, 0.2) is 11.5 Å². The molecule has 1 N–H and O–H groups in total. The molecular weight excluding hydrogens is 514 g/mol. The van der Waals surface area contributed by atoms with Crippen LogP contribution in [0.15, 0.2) is 17.0 Å². The van der Waals surface area contributed by atoms with E-state index in [1.54, 1.807) is 0 Å². The summed E-state index contributed by atoms with van der Waals surface area (Å²) in [6, 6.07) is 2.16. The molecule has 0 saturated carbocycles. The zero-order valence-electron chi connectivity index (χ0n) is 14.0. The third-order valence-corrected chi connectivity index (χ3v) is 4.75. The molecule has 0 bridgehead atoms. The predicted molar refractivity (Wildman–Crippen MR) is 89.9 cm³/mol. The molecule has 0 radical (unpaired) electrons. The Morgan fingerprint density at radius 1 is 1.10 bits per heavy atom. The highest BCUT2D eigenvalue weighted by Crippen LogP contribution is 2.46. The number of nitrogens with one attached hydrogen (secondary N) is 1. The molecule has 0 aliphatic heterocycles. The van der Waals surface area contributed by atoms with Crippen molar-refractivity contribution >= 4 is 46.7 Å². The molecular formula is C14H3Cl2F9N4OS. The molecule has 0 fully saturated rings. The summed E-state index contributed by atoms with van der Waals surface area (Å²) < 4.78 is 116. The molecule has 0 spiro atoms. The summed E-state index contributed by atoms with van der Waals surface area (Å²) in [5, 5.41) is 11.4. The van der Waals surface area contributed by atoms with Crippen LogP contribution in [0.2, 0.25) is 10.0 Å². The smallest absolute Gasteiger partial charge is 0.302 e. The van der Waals surface area contributed by atoms with Gasteiger partial charge in [-0.25, -0.2) is 4.68 Å². The first-order valence-electron chi connectivity index (χ1n) is 7.20. The Bertz CT molecular complexity index is 1070. The summed E-state index contributed by atoms with van der Waals surface area (Å²) in [6.45, 7) is 0. The van der Waals surface area contributed by atoms with Crippen molar-refractivity contribution in [3.05, 3.63) is 33.4 Å². The van der Waals surface area contributed by atoms with Crippen molar-refractivity contribution in [1.82, 2.24) is 9.78 Å². The maximum Gasteiger partial charge on any atom is 0.471 e. The summed E-state index contributed by atoms with van der Waals surface area (Å²) in [7, 11) is 0.